The third-order valence-corrected chi connectivity index (χ3v) is 6.36. The number of aromatic nitrogens is 2. The van der Waals surface area contributed by atoms with Crippen LogP contribution >= 0.6 is 12.2 Å². The van der Waals surface area contributed by atoms with Crippen LogP contribution in [0.1, 0.15) is 41.1 Å². The van der Waals surface area contributed by atoms with Gasteiger partial charge < -0.3 is 19.7 Å². The van der Waals surface area contributed by atoms with Crippen LogP contribution in [-0.2, 0) is 0 Å². The smallest absolute Gasteiger partial charge is 0.170 e. The lowest BCUT2D eigenvalue weighted by Gasteiger charge is -2.28. The number of hydrogen-bond acceptors (Lipinski definition) is 3. The molecule has 0 bridgehead atoms. The van der Waals surface area contributed by atoms with Gasteiger partial charge in [-0.05, 0) is 89.0 Å². The highest BCUT2D eigenvalue weighted by Gasteiger charge is 2.41. The van der Waals surface area contributed by atoms with Crippen molar-refractivity contribution in [2.24, 2.45) is 0 Å². The van der Waals surface area contributed by atoms with Crippen LogP contribution in [0.25, 0.3) is 5.69 Å². The molecule has 1 saturated heterocycles. The first-order chi connectivity index (χ1) is 15.0. The minimum atomic E-state index is 0.0257. The maximum absolute atomic E-state index is 5.82. The number of pyridine rings is 1. The van der Waals surface area contributed by atoms with Crippen LogP contribution in [0.4, 0.5) is 0 Å². The van der Waals surface area contributed by atoms with Crippen molar-refractivity contribution < 1.29 is 0 Å². The Balaban J connectivity index is 1.76. The van der Waals surface area contributed by atoms with Gasteiger partial charge in [0, 0.05) is 29.8 Å². The minimum Gasteiger partial charge on any atom is -0.352 e. The van der Waals surface area contributed by atoms with Gasteiger partial charge in [-0.15, -0.1) is 0 Å². The Kier molecular flexibility index (Phi) is 6.39. The van der Waals surface area contributed by atoms with E-state index in [0.717, 1.165) is 30.3 Å². The molecular weight excluding hydrogens is 402 g/mol. The molecule has 1 aromatic carbocycles. The van der Waals surface area contributed by atoms with Crippen LogP contribution in [0.2, 0.25) is 0 Å². The summed E-state index contributed by atoms with van der Waals surface area (Å²) in [5, 5.41) is 4.38. The molecule has 1 fully saturated rings. The third kappa shape index (κ3) is 4.36. The van der Waals surface area contributed by atoms with Crippen LogP contribution in [0.15, 0.2) is 60.8 Å². The molecule has 1 aliphatic rings. The molecule has 0 radical (unpaired) electrons. The molecule has 3 heterocycles. The minimum absolute atomic E-state index is 0.0257. The van der Waals surface area contributed by atoms with Gasteiger partial charge in [0.15, 0.2) is 5.11 Å². The van der Waals surface area contributed by atoms with E-state index in [4.69, 9.17) is 12.2 Å². The Bertz CT molecular complexity index is 1030. The SMILES string of the molecule is Cc1cc([C@H]2[C@@H](c3ccccn3)NC(=S)N2CCCN(C)C)c(C)n1-c1ccccc1. The molecule has 0 aliphatic carbocycles. The van der Waals surface area contributed by atoms with Gasteiger partial charge in [-0.1, -0.05) is 24.3 Å². The molecule has 4 rings (SSSR count). The van der Waals surface area contributed by atoms with Gasteiger partial charge in [0.2, 0.25) is 0 Å². The number of para-hydroxylation sites is 1. The van der Waals surface area contributed by atoms with Crippen LogP contribution < -0.4 is 5.32 Å². The number of nitrogens with one attached hydrogen (secondary N) is 1. The average molecular weight is 434 g/mol. The molecule has 2 atom stereocenters. The lowest BCUT2D eigenvalue weighted by atomic mass is 9.96. The van der Waals surface area contributed by atoms with Gasteiger partial charge in [0.05, 0.1) is 17.8 Å². The van der Waals surface area contributed by atoms with Crippen LogP contribution in [0, 0.1) is 13.8 Å². The highest BCUT2D eigenvalue weighted by molar-refractivity contribution is 7.80. The molecule has 31 heavy (non-hydrogen) atoms. The van der Waals surface area contributed by atoms with Crippen LogP contribution in [0.3, 0.4) is 0 Å². The van der Waals surface area contributed by atoms with Crippen molar-refractivity contribution in [2.75, 3.05) is 27.2 Å². The summed E-state index contributed by atoms with van der Waals surface area (Å²) < 4.78 is 2.34. The maximum Gasteiger partial charge on any atom is 0.170 e. The normalized spacial score (nSPS) is 18.6. The predicted molar refractivity (Wildman–Crippen MR) is 131 cm³/mol. The zero-order valence-corrected chi connectivity index (χ0v) is 19.6. The second kappa shape index (κ2) is 9.20. The second-order valence-corrected chi connectivity index (χ2v) is 8.86. The van der Waals surface area contributed by atoms with E-state index >= 15 is 0 Å². The summed E-state index contributed by atoms with van der Waals surface area (Å²) in [4.78, 5) is 9.24. The topological polar surface area (TPSA) is 36.3 Å². The molecule has 6 heteroatoms. The van der Waals surface area contributed by atoms with Crippen molar-refractivity contribution >= 4 is 17.3 Å². The first kappa shape index (κ1) is 21.5. The second-order valence-electron chi connectivity index (χ2n) is 8.47. The molecular formula is C25H31N5S. The van der Waals surface area contributed by atoms with Gasteiger partial charge in [0.1, 0.15) is 0 Å². The maximum atomic E-state index is 5.82. The third-order valence-electron chi connectivity index (χ3n) is 6.01. The highest BCUT2D eigenvalue weighted by atomic mass is 32.1. The Hall–Kier alpha value is -2.70. The van der Waals surface area contributed by atoms with Gasteiger partial charge in [-0.25, -0.2) is 0 Å². The Morgan fingerprint density at radius 2 is 1.81 bits per heavy atom. The zero-order chi connectivity index (χ0) is 22.0. The van der Waals surface area contributed by atoms with Gasteiger partial charge >= 0.3 is 0 Å². The van der Waals surface area contributed by atoms with Crippen molar-refractivity contribution in [3.05, 3.63) is 83.4 Å². The van der Waals surface area contributed by atoms with Crippen LogP contribution in [-0.4, -0.2) is 51.6 Å². The molecule has 3 aromatic rings. The lowest BCUT2D eigenvalue weighted by molar-refractivity contribution is 0.292. The Morgan fingerprint density at radius 3 is 2.48 bits per heavy atom. The summed E-state index contributed by atoms with van der Waals surface area (Å²) >= 11 is 5.82. The van der Waals surface area contributed by atoms with Crippen molar-refractivity contribution in [3.63, 3.8) is 0 Å². The number of aryl methyl sites for hydroxylation is 1. The summed E-state index contributed by atoms with van der Waals surface area (Å²) in [7, 11) is 4.23. The first-order valence-corrected chi connectivity index (χ1v) is 11.2. The Morgan fingerprint density at radius 1 is 1.06 bits per heavy atom. The zero-order valence-electron chi connectivity index (χ0n) is 18.7. The number of benzene rings is 1. The predicted octanol–water partition coefficient (Wildman–Crippen LogP) is 4.41. The van der Waals surface area contributed by atoms with E-state index in [1.165, 1.54) is 22.6 Å². The van der Waals surface area contributed by atoms with Crippen molar-refractivity contribution in [1.29, 1.82) is 0 Å². The van der Waals surface area contributed by atoms with E-state index in [2.05, 4.69) is 95.1 Å². The van der Waals surface area contributed by atoms with Gasteiger partial charge in [-0.3, -0.25) is 4.98 Å². The summed E-state index contributed by atoms with van der Waals surface area (Å²) in [6.07, 6.45) is 2.91. The number of thiocarbonyl (C=S) groups is 1. The highest BCUT2D eigenvalue weighted by Crippen LogP contribution is 2.41. The number of nitrogens with zero attached hydrogens (tertiary/aromatic N) is 4. The molecule has 1 N–H and O–H groups in total. The fraction of sp³-hybridized carbons (Fsp3) is 0.360. The fourth-order valence-electron chi connectivity index (χ4n) is 4.60. The summed E-state index contributed by atoms with van der Waals surface area (Å²) in [5.41, 5.74) is 5.98. The van der Waals surface area contributed by atoms with E-state index in [1.54, 1.807) is 0 Å². The van der Waals surface area contributed by atoms with E-state index in [0.29, 0.717) is 0 Å². The molecule has 2 aromatic heterocycles. The van der Waals surface area contributed by atoms with E-state index in [1.807, 2.05) is 18.3 Å². The molecule has 5 nitrogen and oxygen atoms in total. The van der Waals surface area contributed by atoms with Gasteiger partial charge in [0.25, 0.3) is 0 Å². The molecule has 0 saturated carbocycles. The van der Waals surface area contributed by atoms with E-state index in [-0.39, 0.29) is 12.1 Å². The van der Waals surface area contributed by atoms with Crippen molar-refractivity contribution in [2.45, 2.75) is 32.4 Å². The summed E-state index contributed by atoms with van der Waals surface area (Å²) in [6.45, 7) is 6.33. The van der Waals surface area contributed by atoms with Gasteiger partial charge in [-0.2, -0.15) is 0 Å². The number of hydrogen-bond donors (Lipinski definition) is 1. The lowest BCUT2D eigenvalue weighted by Crippen LogP contribution is -2.32. The quantitative estimate of drug-likeness (QED) is 0.559. The molecule has 0 spiro atoms. The van der Waals surface area contributed by atoms with Crippen molar-refractivity contribution in [1.82, 2.24) is 24.7 Å². The average Bonchev–Trinajstić information content (AvgIpc) is 3.24. The van der Waals surface area contributed by atoms with E-state index in [9.17, 15) is 0 Å². The molecule has 1 aliphatic heterocycles. The number of rotatable bonds is 7. The summed E-state index contributed by atoms with van der Waals surface area (Å²) in [6, 6.07) is 19.1. The Labute approximate surface area is 190 Å². The van der Waals surface area contributed by atoms with E-state index < -0.39 is 0 Å². The van der Waals surface area contributed by atoms with Crippen LogP contribution in [0.5, 0.6) is 0 Å². The molecule has 0 amide bonds. The summed E-state index contributed by atoms with van der Waals surface area (Å²) in [5.74, 6) is 0. The van der Waals surface area contributed by atoms with Crippen molar-refractivity contribution in [3.8, 4) is 5.69 Å². The molecule has 0 unspecified atom stereocenters. The fourth-order valence-corrected chi connectivity index (χ4v) is 4.94. The molecule has 162 valence electrons. The standard InChI is InChI=1S/C25H31N5S/c1-18-17-21(19(2)30(18)20-11-6-5-7-12-20)24-23(22-13-8-9-14-26-22)27-25(31)29(24)16-10-15-28(3)4/h5-9,11-14,17,23-24H,10,15-16H2,1-4H3,(H,27,31)/t23-,24+/m1/s1. The largest absolute Gasteiger partial charge is 0.352 e. The first-order valence-electron chi connectivity index (χ1n) is 10.8. The monoisotopic (exact) mass is 433 g/mol.